The van der Waals surface area contributed by atoms with Gasteiger partial charge in [0.05, 0.1) is 0 Å². The van der Waals surface area contributed by atoms with E-state index in [4.69, 9.17) is 4.74 Å². The zero-order chi connectivity index (χ0) is 14.3. The fourth-order valence-electron chi connectivity index (χ4n) is 1.55. The third kappa shape index (κ3) is 6.22. The van der Waals surface area contributed by atoms with Gasteiger partial charge in [0.15, 0.2) is 0 Å². The Morgan fingerprint density at radius 2 is 2.21 bits per heavy atom. The molecule has 19 heavy (non-hydrogen) atoms. The van der Waals surface area contributed by atoms with Crippen LogP contribution in [0.1, 0.15) is 20.8 Å². The molecule has 0 saturated heterocycles. The first-order chi connectivity index (χ1) is 8.93. The van der Waals surface area contributed by atoms with E-state index in [1.165, 1.54) is 6.92 Å². The number of hydrogen-bond acceptors (Lipinski definition) is 4. The van der Waals surface area contributed by atoms with Gasteiger partial charge in [-0.25, -0.2) is 0 Å². The number of ether oxygens (including phenoxy) is 1. The first-order valence-corrected chi connectivity index (χ1v) is 6.36. The highest BCUT2D eigenvalue weighted by atomic mass is 16.5. The van der Waals surface area contributed by atoms with Crippen molar-refractivity contribution in [2.75, 3.05) is 25.0 Å². The molecule has 1 amide bonds. The van der Waals surface area contributed by atoms with Crippen molar-refractivity contribution in [1.82, 2.24) is 5.32 Å². The Morgan fingerprint density at radius 1 is 1.47 bits per heavy atom. The summed E-state index contributed by atoms with van der Waals surface area (Å²) in [5.74, 6) is 0.485. The van der Waals surface area contributed by atoms with E-state index in [-0.39, 0.29) is 12.5 Å². The van der Waals surface area contributed by atoms with Crippen molar-refractivity contribution in [3.8, 4) is 5.75 Å². The molecule has 0 saturated carbocycles. The summed E-state index contributed by atoms with van der Waals surface area (Å²) in [6, 6.07) is 7.09. The van der Waals surface area contributed by atoms with Crippen LogP contribution in [0.5, 0.6) is 5.75 Å². The first kappa shape index (κ1) is 15.5. The standard InChI is InChI=1S/C14H22N2O3/c1-4-15-9-14(3,18)10-19-13-7-5-6-12(8-13)16-11(2)17/h5-8,15,18H,4,9-10H2,1-3H3,(H,16,17). The fraction of sp³-hybridized carbons (Fsp3) is 0.500. The molecular formula is C14H22N2O3. The van der Waals surface area contributed by atoms with E-state index in [9.17, 15) is 9.90 Å². The molecule has 0 aliphatic heterocycles. The second kappa shape index (κ2) is 7.11. The number of carbonyl (C=O) groups is 1. The Kier molecular flexibility index (Phi) is 5.79. The van der Waals surface area contributed by atoms with E-state index < -0.39 is 5.60 Å². The van der Waals surface area contributed by atoms with Gasteiger partial charge >= 0.3 is 0 Å². The van der Waals surface area contributed by atoms with Crippen molar-refractivity contribution in [1.29, 1.82) is 0 Å². The van der Waals surface area contributed by atoms with Crippen LogP contribution in [0.15, 0.2) is 24.3 Å². The van der Waals surface area contributed by atoms with Gasteiger partial charge in [0.1, 0.15) is 18.0 Å². The Hall–Kier alpha value is -1.59. The van der Waals surface area contributed by atoms with Crippen LogP contribution in [0.3, 0.4) is 0 Å². The van der Waals surface area contributed by atoms with Crippen LogP contribution in [-0.4, -0.2) is 36.3 Å². The molecule has 3 N–H and O–H groups in total. The Bertz CT molecular complexity index is 419. The molecule has 0 heterocycles. The van der Waals surface area contributed by atoms with Crippen LogP contribution in [0.4, 0.5) is 5.69 Å². The highest BCUT2D eigenvalue weighted by Crippen LogP contribution is 2.18. The third-order valence-corrected chi connectivity index (χ3v) is 2.46. The fourth-order valence-corrected chi connectivity index (χ4v) is 1.55. The van der Waals surface area contributed by atoms with Gasteiger partial charge in [-0.3, -0.25) is 4.79 Å². The molecule has 106 valence electrons. The van der Waals surface area contributed by atoms with Crippen molar-refractivity contribution in [2.45, 2.75) is 26.4 Å². The second-order valence-corrected chi connectivity index (χ2v) is 4.77. The molecule has 1 aromatic carbocycles. The van der Waals surface area contributed by atoms with Crippen molar-refractivity contribution < 1.29 is 14.6 Å². The number of aliphatic hydroxyl groups is 1. The molecule has 0 aliphatic carbocycles. The lowest BCUT2D eigenvalue weighted by Gasteiger charge is -2.23. The van der Waals surface area contributed by atoms with Crippen LogP contribution in [-0.2, 0) is 4.79 Å². The number of hydrogen-bond donors (Lipinski definition) is 3. The topological polar surface area (TPSA) is 70.6 Å². The highest BCUT2D eigenvalue weighted by Gasteiger charge is 2.20. The van der Waals surface area contributed by atoms with Gasteiger partial charge in [-0.15, -0.1) is 0 Å². The van der Waals surface area contributed by atoms with Crippen LogP contribution < -0.4 is 15.4 Å². The highest BCUT2D eigenvalue weighted by molar-refractivity contribution is 5.88. The van der Waals surface area contributed by atoms with Crippen molar-refractivity contribution in [3.05, 3.63) is 24.3 Å². The zero-order valence-electron chi connectivity index (χ0n) is 11.7. The molecule has 0 bridgehead atoms. The second-order valence-electron chi connectivity index (χ2n) is 4.77. The van der Waals surface area contributed by atoms with Gasteiger partial charge in [0.25, 0.3) is 0 Å². The third-order valence-electron chi connectivity index (χ3n) is 2.46. The van der Waals surface area contributed by atoms with E-state index in [0.29, 0.717) is 18.0 Å². The summed E-state index contributed by atoms with van der Waals surface area (Å²) >= 11 is 0. The molecular weight excluding hydrogens is 244 g/mol. The average Bonchev–Trinajstić information content (AvgIpc) is 2.34. The number of amides is 1. The van der Waals surface area contributed by atoms with Crippen LogP contribution in [0.2, 0.25) is 0 Å². The molecule has 1 atom stereocenters. The monoisotopic (exact) mass is 266 g/mol. The molecule has 1 rings (SSSR count). The smallest absolute Gasteiger partial charge is 0.221 e. The minimum atomic E-state index is -0.931. The van der Waals surface area contributed by atoms with Crippen LogP contribution in [0, 0.1) is 0 Å². The molecule has 1 aromatic rings. The summed E-state index contributed by atoms with van der Waals surface area (Å²) in [5.41, 5.74) is -0.253. The lowest BCUT2D eigenvalue weighted by molar-refractivity contribution is -0.114. The number of anilines is 1. The predicted molar refractivity (Wildman–Crippen MR) is 75.4 cm³/mol. The number of nitrogens with one attached hydrogen (secondary N) is 2. The summed E-state index contributed by atoms with van der Waals surface area (Å²) in [6.07, 6.45) is 0. The summed E-state index contributed by atoms with van der Waals surface area (Å²) in [6.45, 7) is 6.60. The van der Waals surface area contributed by atoms with Gasteiger partial charge in [-0.1, -0.05) is 13.0 Å². The van der Waals surface area contributed by atoms with Gasteiger partial charge in [0.2, 0.25) is 5.91 Å². The van der Waals surface area contributed by atoms with Gasteiger partial charge in [-0.05, 0) is 25.6 Å². The van der Waals surface area contributed by atoms with Crippen molar-refractivity contribution in [3.63, 3.8) is 0 Å². The molecule has 0 radical (unpaired) electrons. The summed E-state index contributed by atoms with van der Waals surface area (Å²) in [5, 5.41) is 15.8. The zero-order valence-corrected chi connectivity index (χ0v) is 11.7. The summed E-state index contributed by atoms with van der Waals surface area (Å²) < 4.78 is 5.55. The molecule has 5 heteroatoms. The quantitative estimate of drug-likeness (QED) is 0.697. The summed E-state index contributed by atoms with van der Waals surface area (Å²) in [4.78, 5) is 11.0. The van der Waals surface area contributed by atoms with E-state index in [1.807, 2.05) is 6.92 Å². The number of carbonyl (C=O) groups excluding carboxylic acids is 1. The maximum atomic E-state index is 11.0. The summed E-state index contributed by atoms with van der Waals surface area (Å²) in [7, 11) is 0. The number of rotatable bonds is 7. The van der Waals surface area contributed by atoms with Crippen LogP contribution in [0.25, 0.3) is 0 Å². The SMILES string of the molecule is CCNCC(C)(O)COc1cccc(NC(C)=O)c1. The minimum absolute atomic E-state index is 0.128. The number of benzene rings is 1. The van der Waals surface area contributed by atoms with E-state index in [0.717, 1.165) is 6.54 Å². The lowest BCUT2D eigenvalue weighted by Crippen LogP contribution is -2.42. The number of likely N-dealkylation sites (N-methyl/N-ethyl adjacent to an activating group) is 1. The van der Waals surface area contributed by atoms with Gasteiger partial charge in [0, 0.05) is 25.2 Å². The largest absolute Gasteiger partial charge is 0.490 e. The van der Waals surface area contributed by atoms with E-state index >= 15 is 0 Å². The van der Waals surface area contributed by atoms with Gasteiger partial charge in [-0.2, -0.15) is 0 Å². The maximum absolute atomic E-state index is 11.0. The molecule has 0 fully saturated rings. The Labute approximate surface area is 114 Å². The normalized spacial score (nSPS) is 13.7. The molecule has 1 unspecified atom stereocenters. The lowest BCUT2D eigenvalue weighted by atomic mass is 10.1. The predicted octanol–water partition coefficient (Wildman–Crippen LogP) is 1.38. The average molecular weight is 266 g/mol. The van der Waals surface area contributed by atoms with Crippen LogP contribution >= 0.6 is 0 Å². The van der Waals surface area contributed by atoms with Crippen molar-refractivity contribution >= 4 is 11.6 Å². The molecule has 0 aliphatic rings. The Morgan fingerprint density at radius 3 is 2.84 bits per heavy atom. The molecule has 5 nitrogen and oxygen atoms in total. The van der Waals surface area contributed by atoms with E-state index in [1.54, 1.807) is 31.2 Å². The maximum Gasteiger partial charge on any atom is 0.221 e. The first-order valence-electron chi connectivity index (χ1n) is 6.36. The van der Waals surface area contributed by atoms with Crippen molar-refractivity contribution in [2.24, 2.45) is 0 Å². The molecule has 0 spiro atoms. The minimum Gasteiger partial charge on any atom is -0.490 e. The van der Waals surface area contributed by atoms with Gasteiger partial charge < -0.3 is 20.5 Å². The molecule has 0 aromatic heterocycles. The van der Waals surface area contributed by atoms with E-state index in [2.05, 4.69) is 10.6 Å². The Balaban J connectivity index is 2.55.